The molecule has 0 atom stereocenters. The zero-order valence-corrected chi connectivity index (χ0v) is 16.5. The highest BCUT2D eigenvalue weighted by molar-refractivity contribution is 5.94. The van der Waals surface area contributed by atoms with Crippen LogP contribution in [0.4, 0.5) is 4.39 Å². The Morgan fingerprint density at radius 2 is 1.69 bits per heavy atom. The molecule has 29 heavy (non-hydrogen) atoms. The van der Waals surface area contributed by atoms with Crippen molar-refractivity contribution in [2.24, 2.45) is 0 Å². The van der Waals surface area contributed by atoms with Gasteiger partial charge in [-0.2, -0.15) is 5.10 Å². The number of carbonyl (C=O) groups excluding carboxylic acids is 1. The predicted octanol–water partition coefficient (Wildman–Crippen LogP) is 5.05. The summed E-state index contributed by atoms with van der Waals surface area (Å²) in [5.74, 6) is -0.205. The van der Waals surface area contributed by atoms with Crippen molar-refractivity contribution in [3.05, 3.63) is 89.5 Å². The fourth-order valence-electron chi connectivity index (χ4n) is 4.05. The van der Waals surface area contributed by atoms with Gasteiger partial charge in [-0.25, -0.2) is 4.39 Å². The molecule has 0 N–H and O–H groups in total. The summed E-state index contributed by atoms with van der Waals surface area (Å²) in [6.45, 7) is 1.20. The van der Waals surface area contributed by atoms with E-state index >= 15 is 0 Å². The lowest BCUT2D eigenvalue weighted by Gasteiger charge is -2.34. The molecule has 1 aromatic heterocycles. The van der Waals surface area contributed by atoms with Crippen molar-refractivity contribution in [1.82, 2.24) is 14.7 Å². The maximum atomic E-state index is 13.4. The molecule has 3 aromatic rings. The fraction of sp³-hybridized carbons (Fsp3) is 0.333. The Bertz CT molecular complexity index is 914. The van der Waals surface area contributed by atoms with Crippen LogP contribution in [0.1, 0.15) is 53.6 Å². The first kappa shape index (κ1) is 19.4. The van der Waals surface area contributed by atoms with E-state index in [2.05, 4.69) is 5.10 Å². The minimum Gasteiger partial charge on any atom is -0.331 e. The molecule has 1 aliphatic rings. The lowest BCUT2D eigenvalue weighted by molar-refractivity contribution is 0.0614. The fourth-order valence-corrected chi connectivity index (χ4v) is 4.05. The van der Waals surface area contributed by atoms with Crippen LogP contribution in [0.25, 0.3) is 0 Å². The highest BCUT2D eigenvalue weighted by Crippen LogP contribution is 2.26. The van der Waals surface area contributed by atoms with Crippen LogP contribution in [0.15, 0.2) is 67.0 Å². The van der Waals surface area contributed by atoms with Gasteiger partial charge in [0.25, 0.3) is 5.91 Å². The Morgan fingerprint density at radius 3 is 2.34 bits per heavy atom. The molecule has 2 aromatic carbocycles. The van der Waals surface area contributed by atoms with Gasteiger partial charge in [0.05, 0.1) is 6.54 Å². The van der Waals surface area contributed by atoms with Crippen LogP contribution in [0, 0.1) is 5.82 Å². The van der Waals surface area contributed by atoms with Crippen molar-refractivity contribution in [3.8, 4) is 0 Å². The lowest BCUT2D eigenvalue weighted by Crippen LogP contribution is -2.41. The average Bonchev–Trinajstić information content (AvgIpc) is 3.27. The number of carbonyl (C=O) groups is 1. The van der Waals surface area contributed by atoms with Crippen molar-refractivity contribution in [1.29, 1.82) is 0 Å². The number of rotatable bonds is 6. The molecule has 0 spiro atoms. The van der Waals surface area contributed by atoms with Crippen molar-refractivity contribution in [3.63, 3.8) is 0 Å². The first-order valence-corrected chi connectivity index (χ1v) is 10.3. The Morgan fingerprint density at radius 1 is 1.00 bits per heavy atom. The molecule has 0 bridgehead atoms. The van der Waals surface area contributed by atoms with Crippen LogP contribution in [0.3, 0.4) is 0 Å². The molecule has 1 amide bonds. The highest BCUT2D eigenvalue weighted by Gasteiger charge is 2.26. The van der Waals surface area contributed by atoms with Gasteiger partial charge in [0, 0.05) is 30.5 Å². The van der Waals surface area contributed by atoms with Gasteiger partial charge < -0.3 is 4.90 Å². The average molecular weight is 391 g/mol. The first-order valence-electron chi connectivity index (χ1n) is 10.3. The number of hydrogen-bond acceptors (Lipinski definition) is 2. The molecular formula is C24H26FN3O. The molecule has 1 fully saturated rings. The number of nitrogens with zero attached hydrogens (tertiary/aromatic N) is 3. The molecule has 4 nitrogen and oxygen atoms in total. The normalized spacial score (nSPS) is 14.7. The maximum absolute atomic E-state index is 13.4. The third kappa shape index (κ3) is 4.91. The van der Waals surface area contributed by atoms with Gasteiger partial charge >= 0.3 is 0 Å². The van der Waals surface area contributed by atoms with Gasteiger partial charge in [-0.15, -0.1) is 0 Å². The SMILES string of the molecule is O=C(c1ccc(Cn2cccn2)cc1)N(Cc1ccc(F)cc1)C1CCCCC1. The molecule has 5 heteroatoms. The van der Waals surface area contributed by atoms with Gasteiger partial charge in [-0.1, -0.05) is 43.5 Å². The zero-order valence-electron chi connectivity index (χ0n) is 16.5. The molecule has 0 unspecified atom stereocenters. The van der Waals surface area contributed by atoms with Gasteiger partial charge in [0.2, 0.25) is 0 Å². The topological polar surface area (TPSA) is 38.1 Å². The van der Waals surface area contributed by atoms with Crippen LogP contribution in [-0.4, -0.2) is 26.6 Å². The second kappa shape index (κ2) is 9.03. The van der Waals surface area contributed by atoms with E-state index in [1.54, 1.807) is 18.3 Å². The van der Waals surface area contributed by atoms with Gasteiger partial charge in [-0.05, 0) is 54.3 Å². The monoisotopic (exact) mass is 391 g/mol. The maximum Gasteiger partial charge on any atom is 0.254 e. The van der Waals surface area contributed by atoms with Crippen molar-refractivity contribution < 1.29 is 9.18 Å². The largest absolute Gasteiger partial charge is 0.331 e. The minimum atomic E-state index is -0.253. The summed E-state index contributed by atoms with van der Waals surface area (Å²) < 4.78 is 15.1. The number of hydrogen-bond donors (Lipinski definition) is 0. The third-order valence-electron chi connectivity index (χ3n) is 5.65. The summed E-state index contributed by atoms with van der Waals surface area (Å²) in [5, 5.41) is 4.23. The Kier molecular flexibility index (Phi) is 6.03. The number of amides is 1. The molecule has 150 valence electrons. The first-order chi connectivity index (χ1) is 14.2. The van der Waals surface area contributed by atoms with E-state index in [-0.39, 0.29) is 17.8 Å². The van der Waals surface area contributed by atoms with E-state index < -0.39 is 0 Å². The zero-order chi connectivity index (χ0) is 20.1. The van der Waals surface area contributed by atoms with E-state index in [0.29, 0.717) is 18.7 Å². The lowest BCUT2D eigenvalue weighted by atomic mass is 9.93. The molecular weight excluding hydrogens is 365 g/mol. The van der Waals surface area contributed by atoms with Crippen molar-refractivity contribution in [2.45, 2.75) is 51.2 Å². The van der Waals surface area contributed by atoms with Crippen molar-refractivity contribution in [2.75, 3.05) is 0 Å². The molecule has 0 radical (unpaired) electrons. The molecule has 4 rings (SSSR count). The highest BCUT2D eigenvalue weighted by atomic mass is 19.1. The van der Waals surface area contributed by atoms with Crippen LogP contribution in [0.5, 0.6) is 0 Å². The van der Waals surface area contributed by atoms with E-state index in [4.69, 9.17) is 0 Å². The molecule has 1 saturated carbocycles. The van der Waals surface area contributed by atoms with Crippen LogP contribution in [0.2, 0.25) is 0 Å². The van der Waals surface area contributed by atoms with E-state index in [0.717, 1.165) is 36.8 Å². The van der Waals surface area contributed by atoms with E-state index in [1.165, 1.54) is 18.6 Å². The van der Waals surface area contributed by atoms with Gasteiger partial charge in [-0.3, -0.25) is 9.48 Å². The smallest absolute Gasteiger partial charge is 0.254 e. The quantitative estimate of drug-likeness (QED) is 0.590. The molecule has 0 aliphatic heterocycles. The summed E-state index contributed by atoms with van der Waals surface area (Å²) in [7, 11) is 0. The third-order valence-corrected chi connectivity index (χ3v) is 5.65. The van der Waals surface area contributed by atoms with E-state index in [9.17, 15) is 9.18 Å². The van der Waals surface area contributed by atoms with Crippen molar-refractivity contribution >= 4 is 5.91 Å². The van der Waals surface area contributed by atoms with E-state index in [1.807, 2.05) is 46.1 Å². The molecule has 1 aliphatic carbocycles. The Balaban J connectivity index is 1.52. The molecule has 0 saturated heterocycles. The number of benzene rings is 2. The summed E-state index contributed by atoms with van der Waals surface area (Å²) >= 11 is 0. The number of aromatic nitrogens is 2. The summed E-state index contributed by atoms with van der Waals surface area (Å²) in [5.41, 5.74) is 2.76. The van der Waals surface area contributed by atoms with Crippen LogP contribution < -0.4 is 0 Å². The summed E-state index contributed by atoms with van der Waals surface area (Å²) in [6.07, 6.45) is 9.29. The number of halogens is 1. The Hall–Kier alpha value is -2.95. The summed E-state index contributed by atoms with van der Waals surface area (Å²) in [6, 6.07) is 16.4. The standard InChI is InChI=1S/C24H26FN3O/c25-22-13-9-20(10-14-22)18-28(23-5-2-1-3-6-23)24(29)21-11-7-19(8-12-21)17-27-16-4-15-26-27/h4,7-16,23H,1-3,5-6,17-18H2. The second-order valence-electron chi connectivity index (χ2n) is 7.75. The second-order valence-corrected chi connectivity index (χ2v) is 7.75. The Labute approximate surface area is 171 Å². The van der Waals surface area contributed by atoms with Crippen LogP contribution in [-0.2, 0) is 13.1 Å². The minimum absolute atomic E-state index is 0.0480. The van der Waals surface area contributed by atoms with Gasteiger partial charge in [0.1, 0.15) is 5.82 Å². The molecule has 1 heterocycles. The predicted molar refractivity (Wildman–Crippen MR) is 111 cm³/mol. The van der Waals surface area contributed by atoms with Gasteiger partial charge in [0.15, 0.2) is 0 Å². The van der Waals surface area contributed by atoms with Crippen LogP contribution >= 0.6 is 0 Å². The summed E-state index contributed by atoms with van der Waals surface area (Å²) in [4.78, 5) is 15.4.